The second kappa shape index (κ2) is 6.36. The molecule has 0 N–H and O–H groups in total. The molecule has 4 nitrogen and oxygen atoms in total. The van der Waals surface area contributed by atoms with Gasteiger partial charge in [-0.05, 0) is 50.3 Å². The quantitative estimate of drug-likeness (QED) is 0.700. The smallest absolute Gasteiger partial charge is 0.275 e. The van der Waals surface area contributed by atoms with Gasteiger partial charge in [-0.2, -0.15) is 0 Å². The van der Waals surface area contributed by atoms with E-state index in [1.54, 1.807) is 0 Å². The highest BCUT2D eigenvalue weighted by Gasteiger charge is 2.10. The molecule has 0 fully saturated rings. The lowest BCUT2D eigenvalue weighted by Gasteiger charge is -2.19. The molecule has 0 aliphatic rings. The van der Waals surface area contributed by atoms with Gasteiger partial charge in [0.05, 0.1) is 11.0 Å². The summed E-state index contributed by atoms with van der Waals surface area (Å²) in [5.41, 5.74) is 2.95. The van der Waals surface area contributed by atoms with Gasteiger partial charge in [0, 0.05) is 12.7 Å². The van der Waals surface area contributed by atoms with Crippen LogP contribution in [0.5, 0.6) is 0 Å². The fraction of sp³-hybridized carbons (Fsp3) is 0.389. The van der Waals surface area contributed by atoms with Crippen LogP contribution < -0.4 is 5.56 Å². The zero-order valence-corrected chi connectivity index (χ0v) is 13.3. The van der Waals surface area contributed by atoms with E-state index in [0.717, 1.165) is 49.1 Å². The number of hydrogen-bond donors (Lipinski definition) is 0. The highest BCUT2D eigenvalue weighted by Crippen LogP contribution is 2.15. The minimum atomic E-state index is 0.100. The van der Waals surface area contributed by atoms with Crippen molar-refractivity contribution in [2.45, 2.75) is 26.8 Å². The Balaban J connectivity index is 2.00. The number of rotatable bonds is 6. The number of aromatic nitrogens is 2. The van der Waals surface area contributed by atoms with Gasteiger partial charge in [0.2, 0.25) is 0 Å². The van der Waals surface area contributed by atoms with Gasteiger partial charge in [0.1, 0.15) is 5.52 Å². The van der Waals surface area contributed by atoms with Gasteiger partial charge >= 0.3 is 0 Å². The summed E-state index contributed by atoms with van der Waals surface area (Å²) in [5, 5.41) is 0. The molecule has 0 spiro atoms. The molecule has 0 radical (unpaired) electrons. The summed E-state index contributed by atoms with van der Waals surface area (Å²) >= 11 is 0. The maximum atomic E-state index is 12.7. The summed E-state index contributed by atoms with van der Waals surface area (Å²) in [6.07, 6.45) is 2.95. The van der Waals surface area contributed by atoms with Gasteiger partial charge in [0.15, 0.2) is 0 Å². The van der Waals surface area contributed by atoms with Crippen molar-refractivity contribution in [2.24, 2.45) is 0 Å². The van der Waals surface area contributed by atoms with Gasteiger partial charge in [-0.15, -0.1) is 0 Å². The van der Waals surface area contributed by atoms with E-state index in [-0.39, 0.29) is 5.56 Å². The molecule has 0 atom stereocenters. The lowest BCUT2D eigenvalue weighted by molar-refractivity contribution is 0.293. The maximum absolute atomic E-state index is 12.7. The summed E-state index contributed by atoms with van der Waals surface area (Å²) < 4.78 is 3.91. The molecule has 0 unspecified atom stereocenters. The molecule has 0 saturated heterocycles. The predicted octanol–water partition coefficient (Wildman–Crippen LogP) is 2.99. The van der Waals surface area contributed by atoms with E-state index in [0.29, 0.717) is 0 Å². The summed E-state index contributed by atoms with van der Waals surface area (Å²) in [4.78, 5) is 15.1. The summed E-state index contributed by atoms with van der Waals surface area (Å²) in [7, 11) is 0. The van der Waals surface area contributed by atoms with Gasteiger partial charge in [-0.3, -0.25) is 4.79 Å². The van der Waals surface area contributed by atoms with Crippen LogP contribution >= 0.6 is 0 Å². The Morgan fingerprint density at radius 3 is 2.36 bits per heavy atom. The van der Waals surface area contributed by atoms with Crippen molar-refractivity contribution in [1.82, 2.24) is 13.9 Å². The van der Waals surface area contributed by atoms with Crippen molar-refractivity contribution in [3.05, 3.63) is 52.9 Å². The minimum absolute atomic E-state index is 0.100. The van der Waals surface area contributed by atoms with Gasteiger partial charge in [-0.1, -0.05) is 26.0 Å². The van der Waals surface area contributed by atoms with Crippen LogP contribution in [-0.2, 0) is 6.54 Å². The number of nitrogens with zero attached hydrogens (tertiary/aromatic N) is 3. The number of para-hydroxylation sites is 2. The van der Waals surface area contributed by atoms with Crippen LogP contribution in [0.15, 0.2) is 47.4 Å². The molecule has 3 rings (SSSR count). The first-order chi connectivity index (χ1) is 10.8. The van der Waals surface area contributed by atoms with E-state index >= 15 is 0 Å². The predicted molar refractivity (Wildman–Crippen MR) is 91.6 cm³/mol. The molecule has 0 aliphatic carbocycles. The molecule has 0 amide bonds. The third-order valence-corrected chi connectivity index (χ3v) is 4.40. The van der Waals surface area contributed by atoms with Crippen LogP contribution in [0.1, 0.15) is 20.3 Å². The van der Waals surface area contributed by atoms with Crippen LogP contribution in [0.3, 0.4) is 0 Å². The topological polar surface area (TPSA) is 29.7 Å². The number of benzene rings is 1. The van der Waals surface area contributed by atoms with Crippen molar-refractivity contribution in [1.29, 1.82) is 0 Å². The van der Waals surface area contributed by atoms with E-state index in [9.17, 15) is 4.79 Å². The highest BCUT2D eigenvalue weighted by atomic mass is 16.1. The molecule has 22 heavy (non-hydrogen) atoms. The molecule has 2 aromatic heterocycles. The second-order valence-corrected chi connectivity index (χ2v) is 5.59. The number of fused-ring (bicyclic) bond motifs is 3. The van der Waals surface area contributed by atoms with Crippen molar-refractivity contribution < 1.29 is 0 Å². The van der Waals surface area contributed by atoms with Gasteiger partial charge < -0.3 is 13.9 Å². The highest BCUT2D eigenvalue weighted by molar-refractivity contribution is 5.78. The van der Waals surface area contributed by atoms with Crippen LogP contribution in [-0.4, -0.2) is 33.5 Å². The molecule has 2 heterocycles. The molecule has 0 saturated carbocycles. The van der Waals surface area contributed by atoms with Crippen molar-refractivity contribution >= 4 is 16.6 Å². The lowest BCUT2D eigenvalue weighted by atomic mass is 10.2. The fourth-order valence-corrected chi connectivity index (χ4v) is 3.12. The Morgan fingerprint density at radius 1 is 0.955 bits per heavy atom. The molecule has 1 aromatic carbocycles. The van der Waals surface area contributed by atoms with E-state index < -0.39 is 0 Å². The first-order valence-electron chi connectivity index (χ1n) is 8.07. The number of hydrogen-bond acceptors (Lipinski definition) is 2. The molecular formula is C18H23N3O. The van der Waals surface area contributed by atoms with Crippen LogP contribution in [0.2, 0.25) is 0 Å². The SMILES string of the molecule is CCN(CC)CCCn1c(=O)c2cccn2c2ccccc21. The largest absolute Gasteiger partial charge is 0.310 e. The van der Waals surface area contributed by atoms with Crippen molar-refractivity contribution in [3.63, 3.8) is 0 Å². The van der Waals surface area contributed by atoms with Crippen LogP contribution in [0, 0.1) is 0 Å². The van der Waals surface area contributed by atoms with E-state index in [4.69, 9.17) is 0 Å². The third kappa shape index (κ3) is 2.55. The first kappa shape index (κ1) is 14.9. The Kier molecular flexibility index (Phi) is 4.29. The number of aryl methyl sites for hydroxylation is 1. The van der Waals surface area contributed by atoms with E-state index in [1.807, 2.05) is 45.5 Å². The standard InChI is InChI=1S/C18H23N3O/c1-3-19(4-2)12-8-14-21-16-10-6-5-9-15(16)20-13-7-11-17(20)18(21)22/h5-7,9-11,13H,3-4,8,12,14H2,1-2H3. The summed E-state index contributed by atoms with van der Waals surface area (Å²) in [6, 6.07) is 12.0. The Morgan fingerprint density at radius 2 is 1.64 bits per heavy atom. The molecule has 3 aromatic rings. The fourth-order valence-electron chi connectivity index (χ4n) is 3.12. The third-order valence-electron chi connectivity index (χ3n) is 4.40. The second-order valence-electron chi connectivity index (χ2n) is 5.59. The van der Waals surface area contributed by atoms with E-state index in [1.165, 1.54) is 0 Å². The maximum Gasteiger partial charge on any atom is 0.275 e. The lowest BCUT2D eigenvalue weighted by Crippen LogP contribution is -2.27. The zero-order chi connectivity index (χ0) is 15.5. The molecular weight excluding hydrogens is 274 g/mol. The minimum Gasteiger partial charge on any atom is -0.310 e. The van der Waals surface area contributed by atoms with E-state index in [2.05, 4.69) is 24.8 Å². The average Bonchev–Trinajstić information content (AvgIpc) is 3.04. The molecule has 116 valence electrons. The normalized spacial score (nSPS) is 11.8. The first-order valence-corrected chi connectivity index (χ1v) is 8.07. The van der Waals surface area contributed by atoms with Crippen molar-refractivity contribution in [3.8, 4) is 0 Å². The van der Waals surface area contributed by atoms with Gasteiger partial charge in [-0.25, -0.2) is 0 Å². The molecule has 4 heteroatoms. The Bertz CT molecular complexity index is 827. The van der Waals surface area contributed by atoms with Gasteiger partial charge in [0.25, 0.3) is 5.56 Å². The summed E-state index contributed by atoms with van der Waals surface area (Å²) in [6.45, 7) is 8.26. The van der Waals surface area contributed by atoms with Crippen LogP contribution in [0.4, 0.5) is 0 Å². The monoisotopic (exact) mass is 297 g/mol. The van der Waals surface area contributed by atoms with Crippen molar-refractivity contribution in [2.75, 3.05) is 19.6 Å². The molecule has 0 bridgehead atoms. The Labute approximate surface area is 130 Å². The Hall–Kier alpha value is -2.07. The molecule has 0 aliphatic heterocycles. The summed E-state index contributed by atoms with van der Waals surface area (Å²) in [5.74, 6) is 0. The average molecular weight is 297 g/mol. The van der Waals surface area contributed by atoms with Crippen LogP contribution in [0.25, 0.3) is 16.6 Å². The zero-order valence-electron chi connectivity index (χ0n) is 13.3.